The van der Waals surface area contributed by atoms with Gasteiger partial charge in [-0.15, -0.1) is 0 Å². The van der Waals surface area contributed by atoms with Crippen LogP contribution in [0.1, 0.15) is 156 Å². The van der Waals surface area contributed by atoms with Gasteiger partial charge in [0.1, 0.15) is 0 Å². The number of hydrogen-bond donors (Lipinski definition) is 4. The van der Waals surface area contributed by atoms with Crippen molar-refractivity contribution in [2.24, 2.45) is 0 Å². The predicted molar refractivity (Wildman–Crippen MR) is 177 cm³/mol. The van der Waals surface area contributed by atoms with Gasteiger partial charge in [0, 0.05) is 0 Å². The van der Waals surface area contributed by atoms with Gasteiger partial charge >= 0.3 is 0 Å². The maximum atomic E-state index is 9.04. The lowest BCUT2D eigenvalue weighted by atomic mass is 10.0. The van der Waals surface area contributed by atoms with Crippen molar-refractivity contribution in [3.63, 3.8) is 0 Å². The minimum atomic E-state index is -0.936. The number of aliphatic hydroxyl groups is 4. The van der Waals surface area contributed by atoms with E-state index in [4.69, 9.17) is 25.2 Å². The lowest BCUT2D eigenvalue weighted by Crippen LogP contribution is -2.34. The van der Waals surface area contributed by atoms with Gasteiger partial charge in [0.25, 0.3) is 0 Å². The molecule has 4 N–H and O–H groups in total. The molecule has 1 fully saturated rings. The van der Waals surface area contributed by atoms with E-state index in [2.05, 4.69) is 87.5 Å². The van der Waals surface area contributed by atoms with Gasteiger partial charge in [0.15, 0.2) is 0 Å². The average Bonchev–Trinajstić information content (AvgIpc) is 3.45. The number of epoxide rings is 1. The highest BCUT2D eigenvalue weighted by Gasteiger charge is 2.45. The second kappa shape index (κ2) is 24.6. The summed E-state index contributed by atoms with van der Waals surface area (Å²) in [5.41, 5.74) is 2.70. The number of hydrogen-bond acceptors (Lipinski definition) is 5. The Labute approximate surface area is 250 Å². The fourth-order valence-corrected chi connectivity index (χ4v) is 3.35. The number of ether oxygens (including phenoxy) is 1. The Kier molecular flexibility index (Phi) is 28.3. The van der Waals surface area contributed by atoms with Crippen LogP contribution >= 0.6 is 0 Å². The molecule has 0 spiro atoms. The van der Waals surface area contributed by atoms with Crippen LogP contribution < -0.4 is 0 Å². The molecule has 0 aromatic heterocycles. The molecule has 1 rings (SSSR count). The van der Waals surface area contributed by atoms with E-state index >= 15 is 0 Å². The van der Waals surface area contributed by atoms with E-state index in [-0.39, 0.29) is 5.60 Å². The van der Waals surface area contributed by atoms with E-state index in [1.807, 2.05) is 13.8 Å². The van der Waals surface area contributed by atoms with E-state index in [1.54, 1.807) is 27.7 Å². The third-order valence-corrected chi connectivity index (χ3v) is 6.20. The molecule has 1 aliphatic rings. The van der Waals surface area contributed by atoms with Gasteiger partial charge in [-0.1, -0.05) is 69.6 Å². The Morgan fingerprint density at radius 1 is 0.725 bits per heavy atom. The average molecular weight is 573 g/mol. The molecule has 5 heteroatoms. The number of aliphatic hydroxyl groups excluding tert-OH is 2. The Morgan fingerprint density at radius 3 is 1.20 bits per heavy atom. The van der Waals surface area contributed by atoms with E-state index in [0.717, 1.165) is 6.42 Å². The first-order valence-corrected chi connectivity index (χ1v) is 15.5. The molecule has 0 bridgehead atoms. The van der Waals surface area contributed by atoms with E-state index in [0.29, 0.717) is 18.9 Å². The summed E-state index contributed by atoms with van der Waals surface area (Å²) in [6.07, 6.45) is 13.3. The predicted octanol–water partition coefficient (Wildman–Crippen LogP) is 9.08. The molecule has 1 aliphatic heterocycles. The maximum absolute atomic E-state index is 9.04. The Bertz CT molecular complexity index is 647. The summed E-state index contributed by atoms with van der Waals surface area (Å²) in [6.45, 7) is 31.5. The Balaban J connectivity index is -0.000000205. The quantitative estimate of drug-likeness (QED) is 0.155. The molecule has 0 radical (unpaired) electrons. The van der Waals surface area contributed by atoms with Crippen LogP contribution in [0.5, 0.6) is 0 Å². The zero-order valence-corrected chi connectivity index (χ0v) is 29.6. The molecule has 242 valence electrons. The highest BCUT2D eigenvalue weighted by Crippen LogP contribution is 2.36. The topological polar surface area (TPSA) is 93.5 Å². The molecular weight excluding hydrogens is 500 g/mol. The Hall–Kier alpha value is -0.980. The summed E-state index contributed by atoms with van der Waals surface area (Å²) in [5, 5.41) is 36.0. The minimum Gasteiger partial charge on any atom is -0.390 e. The monoisotopic (exact) mass is 573 g/mol. The van der Waals surface area contributed by atoms with Gasteiger partial charge in [-0.25, -0.2) is 0 Å². The summed E-state index contributed by atoms with van der Waals surface area (Å²) in [7, 11) is 0. The van der Waals surface area contributed by atoms with Crippen LogP contribution in [0, 0.1) is 0 Å². The molecule has 0 aliphatic carbocycles. The van der Waals surface area contributed by atoms with Crippen molar-refractivity contribution in [1.82, 2.24) is 0 Å². The molecular formula is C35H72O5. The molecule has 1 heterocycles. The van der Waals surface area contributed by atoms with Crippen LogP contribution in [0.3, 0.4) is 0 Å². The molecule has 1 saturated heterocycles. The van der Waals surface area contributed by atoms with Gasteiger partial charge < -0.3 is 25.2 Å². The summed E-state index contributed by atoms with van der Waals surface area (Å²) in [6, 6.07) is 0. The zero-order chi connectivity index (χ0) is 32.7. The first-order valence-electron chi connectivity index (χ1n) is 15.5. The first-order chi connectivity index (χ1) is 18.1. The van der Waals surface area contributed by atoms with Gasteiger partial charge in [0.2, 0.25) is 0 Å². The molecule has 5 nitrogen and oxygen atoms in total. The van der Waals surface area contributed by atoms with Crippen LogP contribution in [-0.4, -0.2) is 55.5 Å². The largest absolute Gasteiger partial charge is 0.390 e. The lowest BCUT2D eigenvalue weighted by molar-refractivity contribution is -0.0489. The van der Waals surface area contributed by atoms with Crippen molar-refractivity contribution in [3.05, 3.63) is 34.9 Å². The standard InChI is InChI=1S/C11H20.2C6H14O2.C6H12O.C6H12/c1-5-7-11(4)9-6-8-10(2)3;2*1-4-5(7)6(2,3)8;1-4-5-6(2,3)7-5;1-4-5-6(2)3/h7-8H,5-6,9H2,1-4H3;2*5,7-8H,4H2,1-3H3;5H,4H2,1-3H3;5H,4H2,1-3H3/b11-7+;;;;. The smallest absolute Gasteiger partial charge is 0.0892 e. The van der Waals surface area contributed by atoms with Crippen molar-refractivity contribution in [2.45, 2.75) is 191 Å². The van der Waals surface area contributed by atoms with Crippen molar-refractivity contribution >= 4 is 0 Å². The molecule has 0 amide bonds. The van der Waals surface area contributed by atoms with Gasteiger partial charge in [-0.2, -0.15) is 0 Å². The molecule has 3 atom stereocenters. The van der Waals surface area contributed by atoms with Gasteiger partial charge in [-0.05, 0) is 121 Å². The van der Waals surface area contributed by atoms with Crippen LogP contribution in [0.2, 0.25) is 0 Å². The zero-order valence-electron chi connectivity index (χ0n) is 29.6. The van der Waals surface area contributed by atoms with E-state index < -0.39 is 23.4 Å². The van der Waals surface area contributed by atoms with E-state index in [1.165, 1.54) is 42.4 Å². The second-order valence-corrected chi connectivity index (χ2v) is 12.7. The van der Waals surface area contributed by atoms with Crippen LogP contribution in [0.15, 0.2) is 34.9 Å². The number of rotatable bonds is 10. The second-order valence-electron chi connectivity index (χ2n) is 12.7. The SMILES string of the molecule is CC/C=C(\C)CCC=C(C)C.CCC(O)C(C)(C)O.CCC(O)C(C)(C)O.CCC1OC1(C)C.CCC=C(C)C. The van der Waals surface area contributed by atoms with Gasteiger partial charge in [0.05, 0.1) is 35.1 Å². The normalized spacial score (nSPS) is 17.0. The van der Waals surface area contributed by atoms with Crippen LogP contribution in [0.4, 0.5) is 0 Å². The fourth-order valence-electron chi connectivity index (χ4n) is 3.35. The third kappa shape index (κ3) is 33.2. The molecule has 0 saturated carbocycles. The first kappa shape index (κ1) is 46.0. The highest BCUT2D eigenvalue weighted by atomic mass is 16.6. The summed E-state index contributed by atoms with van der Waals surface area (Å²) >= 11 is 0. The highest BCUT2D eigenvalue weighted by molar-refractivity contribution is 5.01. The van der Waals surface area contributed by atoms with Crippen molar-refractivity contribution in [1.29, 1.82) is 0 Å². The molecule has 0 aromatic carbocycles. The van der Waals surface area contributed by atoms with Crippen LogP contribution in [-0.2, 0) is 4.74 Å². The van der Waals surface area contributed by atoms with Crippen molar-refractivity contribution < 1.29 is 25.2 Å². The summed E-state index contributed by atoms with van der Waals surface area (Å²) in [5.74, 6) is 0. The summed E-state index contributed by atoms with van der Waals surface area (Å²) < 4.78 is 5.25. The lowest BCUT2D eigenvalue weighted by Gasteiger charge is -2.22. The molecule has 3 unspecified atom stereocenters. The molecule has 40 heavy (non-hydrogen) atoms. The van der Waals surface area contributed by atoms with Crippen LogP contribution in [0.25, 0.3) is 0 Å². The third-order valence-electron chi connectivity index (χ3n) is 6.20. The maximum Gasteiger partial charge on any atom is 0.0892 e. The fraction of sp³-hybridized carbons (Fsp3) is 0.829. The van der Waals surface area contributed by atoms with E-state index in [9.17, 15) is 0 Å². The molecule has 0 aromatic rings. The van der Waals surface area contributed by atoms with Gasteiger partial charge in [-0.3, -0.25) is 0 Å². The van der Waals surface area contributed by atoms with Crippen molar-refractivity contribution in [2.75, 3.05) is 0 Å². The Morgan fingerprint density at radius 2 is 1.07 bits per heavy atom. The minimum absolute atomic E-state index is 0.217. The van der Waals surface area contributed by atoms with Crippen molar-refractivity contribution in [3.8, 4) is 0 Å². The number of allylic oxidation sites excluding steroid dienone is 6. The summed E-state index contributed by atoms with van der Waals surface area (Å²) in [4.78, 5) is 0.